The van der Waals surface area contributed by atoms with Crippen LogP contribution in [0.5, 0.6) is 0 Å². The molecule has 30 heavy (non-hydrogen) atoms. The molecule has 1 unspecified atom stereocenters. The van der Waals surface area contributed by atoms with Crippen molar-refractivity contribution in [2.24, 2.45) is 0 Å². The van der Waals surface area contributed by atoms with Gasteiger partial charge in [-0.1, -0.05) is 48.5 Å². The predicted molar refractivity (Wildman–Crippen MR) is 116 cm³/mol. The van der Waals surface area contributed by atoms with Crippen LogP contribution >= 0.6 is 11.3 Å². The Kier molecular flexibility index (Phi) is 6.10. The fraction of sp³-hybridized carbons (Fsp3) is 0.0870. The van der Waals surface area contributed by atoms with Gasteiger partial charge < -0.3 is 5.32 Å². The molecule has 0 radical (unpaired) electrons. The van der Waals surface area contributed by atoms with Gasteiger partial charge in [0.25, 0.3) is 0 Å². The summed E-state index contributed by atoms with van der Waals surface area (Å²) in [5, 5.41) is 7.15. The average Bonchev–Trinajstić information content (AvgIpc) is 3.45. The Bertz CT molecular complexity index is 1140. The van der Waals surface area contributed by atoms with Crippen molar-refractivity contribution in [1.82, 2.24) is 20.1 Å². The largest absolute Gasteiger partial charge is 0.344 e. The number of carbonyl (C=O) groups excluding carboxylic acids is 1. The van der Waals surface area contributed by atoms with Gasteiger partial charge in [0, 0.05) is 21.4 Å². The second kappa shape index (κ2) is 9.28. The highest BCUT2D eigenvalue weighted by Crippen LogP contribution is 2.30. The van der Waals surface area contributed by atoms with Gasteiger partial charge in [-0.05, 0) is 29.8 Å². The zero-order valence-electron chi connectivity index (χ0n) is 16.0. The molecule has 4 rings (SSSR count). The number of hydrogen-bond acceptors (Lipinski definition) is 4. The van der Waals surface area contributed by atoms with E-state index in [1.165, 1.54) is 29.8 Å². The quantitative estimate of drug-likeness (QED) is 0.442. The van der Waals surface area contributed by atoms with Crippen molar-refractivity contribution in [3.63, 3.8) is 0 Å². The van der Waals surface area contributed by atoms with Crippen molar-refractivity contribution in [3.05, 3.63) is 102 Å². The van der Waals surface area contributed by atoms with Crippen LogP contribution in [0.4, 0.5) is 4.39 Å². The van der Waals surface area contributed by atoms with Crippen LogP contribution < -0.4 is 5.32 Å². The monoisotopic (exact) mass is 418 g/mol. The Hall–Kier alpha value is -3.58. The summed E-state index contributed by atoms with van der Waals surface area (Å²) in [6, 6.07) is 19.9. The fourth-order valence-corrected chi connectivity index (χ4v) is 4.00. The molecule has 0 fully saturated rings. The zero-order chi connectivity index (χ0) is 20.8. The predicted octanol–water partition coefficient (Wildman–Crippen LogP) is 4.72. The van der Waals surface area contributed by atoms with Crippen molar-refractivity contribution < 1.29 is 9.18 Å². The number of aromatic nitrogens is 3. The van der Waals surface area contributed by atoms with Crippen molar-refractivity contribution >= 4 is 23.3 Å². The van der Waals surface area contributed by atoms with E-state index >= 15 is 0 Å². The van der Waals surface area contributed by atoms with Crippen molar-refractivity contribution in [2.45, 2.75) is 12.6 Å². The molecule has 1 amide bonds. The van der Waals surface area contributed by atoms with Crippen LogP contribution in [0.15, 0.2) is 85.5 Å². The molecule has 2 aromatic heterocycles. The minimum Gasteiger partial charge on any atom is -0.344 e. The third-order valence-corrected chi connectivity index (χ3v) is 5.60. The number of nitrogens with zero attached hydrogens (tertiary/aromatic N) is 3. The lowest BCUT2D eigenvalue weighted by Crippen LogP contribution is -2.30. The van der Waals surface area contributed by atoms with Crippen LogP contribution in [-0.2, 0) is 11.3 Å². The number of hydrogen-bond donors (Lipinski definition) is 1. The molecule has 4 aromatic rings. The van der Waals surface area contributed by atoms with Crippen LogP contribution in [0, 0.1) is 5.82 Å². The van der Waals surface area contributed by atoms with Crippen LogP contribution in [0.2, 0.25) is 0 Å². The Morgan fingerprint density at radius 2 is 1.90 bits per heavy atom. The number of carbonyl (C=O) groups is 1. The molecule has 2 aromatic carbocycles. The van der Waals surface area contributed by atoms with Crippen LogP contribution in [0.3, 0.4) is 0 Å². The maximum Gasteiger partial charge on any atom is 0.244 e. The molecule has 2 heterocycles. The molecule has 1 atom stereocenters. The highest BCUT2D eigenvalue weighted by atomic mass is 32.1. The lowest BCUT2D eigenvalue weighted by molar-refractivity contribution is -0.117. The number of halogens is 1. The van der Waals surface area contributed by atoms with Crippen LogP contribution in [0.25, 0.3) is 16.5 Å². The van der Waals surface area contributed by atoms with Crippen LogP contribution in [0.1, 0.15) is 16.5 Å². The van der Waals surface area contributed by atoms with Gasteiger partial charge in [-0.2, -0.15) is 5.10 Å². The summed E-state index contributed by atoms with van der Waals surface area (Å²) < 4.78 is 15.7. The summed E-state index contributed by atoms with van der Waals surface area (Å²) in [5.41, 5.74) is 1.54. The van der Waals surface area contributed by atoms with E-state index in [0.717, 1.165) is 15.3 Å². The van der Waals surface area contributed by atoms with E-state index in [1.807, 2.05) is 42.5 Å². The normalized spacial score (nSPS) is 12.2. The minimum atomic E-state index is -0.258. The number of rotatable bonds is 7. The van der Waals surface area contributed by atoms with E-state index in [1.54, 1.807) is 35.3 Å². The molecule has 0 saturated carbocycles. The Labute approximate surface area is 177 Å². The molecule has 150 valence electrons. The average molecular weight is 418 g/mol. The summed E-state index contributed by atoms with van der Waals surface area (Å²) in [5.74, 6) is -0.476. The molecule has 0 aliphatic rings. The molecular weight excluding hydrogens is 399 g/mol. The van der Waals surface area contributed by atoms with Gasteiger partial charge in [0.05, 0.1) is 12.6 Å². The minimum absolute atomic E-state index is 0.218. The smallest absolute Gasteiger partial charge is 0.244 e. The Balaban J connectivity index is 1.46. The standard InChI is InChI=1S/C23H19FN4OS/c24-20-9-5-4-8-19(20)22-12-10-18(30-22)11-13-23(29)27-21(14-28-16-25-15-26-28)17-6-2-1-3-7-17/h1-13,15-16,21H,14H2,(H,27,29)/b13-11+. The zero-order valence-corrected chi connectivity index (χ0v) is 16.8. The van der Waals surface area contributed by atoms with Gasteiger partial charge in [-0.3, -0.25) is 9.48 Å². The lowest BCUT2D eigenvalue weighted by Gasteiger charge is -2.18. The number of amides is 1. The van der Waals surface area contributed by atoms with E-state index < -0.39 is 0 Å². The van der Waals surface area contributed by atoms with E-state index in [-0.39, 0.29) is 17.8 Å². The summed E-state index contributed by atoms with van der Waals surface area (Å²) in [6.07, 6.45) is 6.32. The molecule has 0 aliphatic carbocycles. The topological polar surface area (TPSA) is 59.8 Å². The summed E-state index contributed by atoms with van der Waals surface area (Å²) >= 11 is 1.43. The molecule has 0 aliphatic heterocycles. The molecule has 5 nitrogen and oxygen atoms in total. The molecule has 0 spiro atoms. The maximum atomic E-state index is 14.0. The number of nitrogens with one attached hydrogen (secondary N) is 1. The first-order valence-electron chi connectivity index (χ1n) is 9.40. The molecule has 1 N–H and O–H groups in total. The first-order valence-corrected chi connectivity index (χ1v) is 10.2. The first kappa shape index (κ1) is 19.7. The second-order valence-electron chi connectivity index (χ2n) is 6.60. The summed E-state index contributed by atoms with van der Waals surface area (Å²) in [4.78, 5) is 18.2. The maximum absolute atomic E-state index is 14.0. The van der Waals surface area contributed by atoms with Gasteiger partial charge in [-0.15, -0.1) is 11.3 Å². The molecule has 0 saturated heterocycles. The highest BCUT2D eigenvalue weighted by molar-refractivity contribution is 7.16. The number of thiophene rings is 1. The molecular formula is C23H19FN4OS. The van der Waals surface area contributed by atoms with Crippen molar-refractivity contribution in [2.75, 3.05) is 0 Å². The van der Waals surface area contributed by atoms with E-state index in [0.29, 0.717) is 12.1 Å². The van der Waals surface area contributed by atoms with Gasteiger partial charge in [0.15, 0.2) is 0 Å². The van der Waals surface area contributed by atoms with Gasteiger partial charge >= 0.3 is 0 Å². The van der Waals surface area contributed by atoms with Crippen molar-refractivity contribution in [1.29, 1.82) is 0 Å². The Morgan fingerprint density at radius 3 is 2.67 bits per heavy atom. The van der Waals surface area contributed by atoms with E-state index in [4.69, 9.17) is 0 Å². The van der Waals surface area contributed by atoms with Gasteiger partial charge in [-0.25, -0.2) is 9.37 Å². The second-order valence-corrected chi connectivity index (χ2v) is 7.72. The first-order chi connectivity index (χ1) is 14.7. The third kappa shape index (κ3) is 4.87. The molecule has 0 bridgehead atoms. The van der Waals surface area contributed by atoms with Gasteiger partial charge in [0.1, 0.15) is 18.5 Å². The van der Waals surface area contributed by atoms with Crippen molar-refractivity contribution in [3.8, 4) is 10.4 Å². The number of benzene rings is 2. The molecule has 7 heteroatoms. The fourth-order valence-electron chi connectivity index (χ4n) is 3.06. The summed E-state index contributed by atoms with van der Waals surface area (Å²) in [6.45, 7) is 0.472. The highest BCUT2D eigenvalue weighted by Gasteiger charge is 2.14. The SMILES string of the molecule is O=C(/C=C/c1ccc(-c2ccccc2F)s1)NC(Cn1cncn1)c1ccccc1. The lowest BCUT2D eigenvalue weighted by atomic mass is 10.1. The Morgan fingerprint density at radius 1 is 1.10 bits per heavy atom. The van der Waals surface area contributed by atoms with E-state index in [9.17, 15) is 9.18 Å². The van der Waals surface area contributed by atoms with Gasteiger partial charge in [0.2, 0.25) is 5.91 Å². The van der Waals surface area contributed by atoms with E-state index in [2.05, 4.69) is 15.4 Å². The third-order valence-electron chi connectivity index (χ3n) is 4.52. The van der Waals surface area contributed by atoms with Crippen LogP contribution in [-0.4, -0.2) is 20.7 Å². The summed E-state index contributed by atoms with van der Waals surface area (Å²) in [7, 11) is 0.